The van der Waals surface area contributed by atoms with E-state index in [1.165, 1.54) is 12.8 Å². The lowest BCUT2D eigenvalue weighted by atomic mass is 10.1. The van der Waals surface area contributed by atoms with Crippen LogP contribution in [-0.2, 0) is 6.42 Å². The van der Waals surface area contributed by atoms with Crippen LogP contribution in [0.1, 0.15) is 42.6 Å². The van der Waals surface area contributed by atoms with Gasteiger partial charge in [0.2, 0.25) is 5.89 Å². The van der Waals surface area contributed by atoms with Crippen molar-refractivity contribution in [3.63, 3.8) is 0 Å². The molecule has 3 rings (SSSR count). The molecule has 108 valence electrons. The minimum absolute atomic E-state index is 0. The van der Waals surface area contributed by atoms with Crippen molar-refractivity contribution in [1.29, 1.82) is 0 Å². The van der Waals surface area contributed by atoms with Gasteiger partial charge in [-0.25, -0.2) is 0 Å². The van der Waals surface area contributed by atoms with Crippen LogP contribution < -0.4 is 5.32 Å². The molecule has 0 unspecified atom stereocenters. The predicted octanol–water partition coefficient (Wildman–Crippen LogP) is 3.55. The van der Waals surface area contributed by atoms with Crippen LogP contribution in [0.3, 0.4) is 0 Å². The summed E-state index contributed by atoms with van der Waals surface area (Å²) in [7, 11) is 0. The molecule has 0 spiro atoms. The van der Waals surface area contributed by atoms with Crippen molar-refractivity contribution >= 4 is 24.0 Å². The number of nitrogens with zero attached hydrogens (tertiary/aromatic N) is 2. The average molecular weight is 314 g/mol. The molecule has 1 N–H and O–H groups in total. The van der Waals surface area contributed by atoms with Gasteiger partial charge in [-0.3, -0.25) is 0 Å². The zero-order valence-electron chi connectivity index (χ0n) is 11.0. The third kappa shape index (κ3) is 3.51. The second-order valence-electron chi connectivity index (χ2n) is 4.82. The molecule has 1 aliphatic rings. The number of aromatic nitrogens is 2. The standard InChI is InChI=1S/C14H16ClN3O.ClH/c15-11-6-2-1-5-10(11)9-13-17-14(19-18-13)12-7-3-4-8-16-12;/h1-2,5-6,12,16H,3-4,7-9H2;1H/t12-;/m1./s1. The molecular formula is C14H17Cl2N3O. The molecule has 0 aliphatic carbocycles. The largest absolute Gasteiger partial charge is 0.338 e. The van der Waals surface area contributed by atoms with Crippen LogP contribution in [0.25, 0.3) is 0 Å². The Balaban J connectivity index is 0.00000147. The number of hydrogen-bond acceptors (Lipinski definition) is 4. The van der Waals surface area contributed by atoms with E-state index in [4.69, 9.17) is 16.1 Å². The Morgan fingerprint density at radius 3 is 2.90 bits per heavy atom. The fourth-order valence-electron chi connectivity index (χ4n) is 2.36. The van der Waals surface area contributed by atoms with Gasteiger partial charge in [0, 0.05) is 11.4 Å². The van der Waals surface area contributed by atoms with Crippen molar-refractivity contribution < 1.29 is 4.52 Å². The summed E-state index contributed by atoms with van der Waals surface area (Å²) in [6, 6.07) is 7.95. The molecule has 1 aliphatic heterocycles. The lowest BCUT2D eigenvalue weighted by molar-refractivity contribution is 0.296. The molecule has 4 nitrogen and oxygen atoms in total. The summed E-state index contributed by atoms with van der Waals surface area (Å²) in [5.41, 5.74) is 1.02. The van der Waals surface area contributed by atoms with Gasteiger partial charge in [-0.15, -0.1) is 12.4 Å². The molecule has 20 heavy (non-hydrogen) atoms. The first-order valence-corrected chi connectivity index (χ1v) is 7.00. The van der Waals surface area contributed by atoms with Crippen molar-refractivity contribution in [1.82, 2.24) is 15.5 Å². The number of rotatable bonds is 3. The Labute approximate surface area is 129 Å². The molecule has 6 heteroatoms. The lowest BCUT2D eigenvalue weighted by Gasteiger charge is -2.19. The van der Waals surface area contributed by atoms with E-state index in [-0.39, 0.29) is 18.4 Å². The third-order valence-corrected chi connectivity index (χ3v) is 3.77. The van der Waals surface area contributed by atoms with E-state index >= 15 is 0 Å². The summed E-state index contributed by atoms with van der Waals surface area (Å²) >= 11 is 6.13. The molecule has 1 saturated heterocycles. The van der Waals surface area contributed by atoms with Gasteiger partial charge >= 0.3 is 0 Å². The number of hydrogen-bond donors (Lipinski definition) is 1. The van der Waals surface area contributed by atoms with Crippen molar-refractivity contribution in [2.45, 2.75) is 31.7 Å². The van der Waals surface area contributed by atoms with E-state index in [1.807, 2.05) is 24.3 Å². The first-order valence-electron chi connectivity index (χ1n) is 6.62. The topological polar surface area (TPSA) is 51.0 Å². The van der Waals surface area contributed by atoms with Gasteiger partial charge in [0.25, 0.3) is 0 Å². The van der Waals surface area contributed by atoms with Crippen molar-refractivity contribution in [3.05, 3.63) is 46.6 Å². The summed E-state index contributed by atoms with van der Waals surface area (Å²) < 4.78 is 5.35. The average Bonchev–Trinajstić information content (AvgIpc) is 2.91. The Kier molecular flexibility index (Phi) is 5.40. The normalized spacial score (nSPS) is 18.6. The highest BCUT2D eigenvalue weighted by Gasteiger charge is 2.21. The maximum absolute atomic E-state index is 6.13. The van der Waals surface area contributed by atoms with E-state index in [0.717, 1.165) is 23.6 Å². The highest BCUT2D eigenvalue weighted by Crippen LogP contribution is 2.22. The molecule has 0 bridgehead atoms. The second kappa shape index (κ2) is 7.07. The smallest absolute Gasteiger partial charge is 0.243 e. The highest BCUT2D eigenvalue weighted by atomic mass is 35.5. The molecule has 1 atom stereocenters. The Hall–Kier alpha value is -1.10. The SMILES string of the molecule is Cl.Clc1ccccc1Cc1noc([C@H]2CCCCN2)n1. The lowest BCUT2D eigenvalue weighted by Crippen LogP contribution is -2.27. The van der Waals surface area contributed by atoms with Gasteiger partial charge in [-0.2, -0.15) is 4.98 Å². The van der Waals surface area contributed by atoms with Gasteiger partial charge in [-0.1, -0.05) is 41.4 Å². The van der Waals surface area contributed by atoms with Crippen LogP contribution >= 0.6 is 24.0 Å². The molecule has 1 fully saturated rings. The first kappa shape index (κ1) is 15.3. The zero-order chi connectivity index (χ0) is 13.1. The Morgan fingerprint density at radius 2 is 2.15 bits per heavy atom. The molecule has 2 heterocycles. The van der Waals surface area contributed by atoms with E-state index in [1.54, 1.807) is 0 Å². The quantitative estimate of drug-likeness (QED) is 0.941. The van der Waals surface area contributed by atoms with Crippen LogP contribution in [0.2, 0.25) is 5.02 Å². The highest BCUT2D eigenvalue weighted by molar-refractivity contribution is 6.31. The number of nitrogens with one attached hydrogen (secondary N) is 1. The predicted molar refractivity (Wildman–Crippen MR) is 80.4 cm³/mol. The van der Waals surface area contributed by atoms with E-state index in [0.29, 0.717) is 18.1 Å². The summed E-state index contributed by atoms with van der Waals surface area (Å²) in [5, 5.41) is 8.19. The second-order valence-corrected chi connectivity index (χ2v) is 5.23. The fraction of sp³-hybridized carbons (Fsp3) is 0.429. The number of piperidine rings is 1. The molecule has 1 aromatic carbocycles. The van der Waals surface area contributed by atoms with Crippen molar-refractivity contribution in [2.24, 2.45) is 0 Å². The maximum Gasteiger partial charge on any atom is 0.243 e. The number of halogens is 2. The van der Waals surface area contributed by atoms with Gasteiger partial charge < -0.3 is 9.84 Å². The summed E-state index contributed by atoms with van der Waals surface area (Å²) in [4.78, 5) is 4.47. The van der Waals surface area contributed by atoms with Crippen LogP contribution in [0.4, 0.5) is 0 Å². The summed E-state index contributed by atoms with van der Waals surface area (Å²) in [5.74, 6) is 1.39. The van der Waals surface area contributed by atoms with E-state index in [2.05, 4.69) is 15.5 Å². The Morgan fingerprint density at radius 1 is 1.30 bits per heavy atom. The van der Waals surface area contributed by atoms with Crippen molar-refractivity contribution in [2.75, 3.05) is 6.54 Å². The van der Waals surface area contributed by atoms with Gasteiger partial charge in [0.1, 0.15) is 0 Å². The molecule has 1 aromatic heterocycles. The number of benzene rings is 1. The van der Waals surface area contributed by atoms with Crippen LogP contribution in [-0.4, -0.2) is 16.7 Å². The maximum atomic E-state index is 6.13. The van der Waals surface area contributed by atoms with Gasteiger partial charge in [-0.05, 0) is 31.0 Å². The van der Waals surface area contributed by atoms with Crippen LogP contribution in [0, 0.1) is 0 Å². The Bertz CT molecular complexity index is 553. The van der Waals surface area contributed by atoms with Gasteiger partial charge in [0.15, 0.2) is 5.82 Å². The molecule has 0 amide bonds. The van der Waals surface area contributed by atoms with Crippen LogP contribution in [0.15, 0.2) is 28.8 Å². The monoisotopic (exact) mass is 313 g/mol. The molecule has 0 radical (unpaired) electrons. The fourth-order valence-corrected chi connectivity index (χ4v) is 2.56. The molecular weight excluding hydrogens is 297 g/mol. The third-order valence-electron chi connectivity index (χ3n) is 3.40. The first-order chi connectivity index (χ1) is 9.33. The van der Waals surface area contributed by atoms with E-state index in [9.17, 15) is 0 Å². The molecule has 2 aromatic rings. The zero-order valence-corrected chi connectivity index (χ0v) is 12.6. The summed E-state index contributed by atoms with van der Waals surface area (Å²) in [6.07, 6.45) is 4.10. The van der Waals surface area contributed by atoms with E-state index < -0.39 is 0 Å². The van der Waals surface area contributed by atoms with Crippen LogP contribution in [0.5, 0.6) is 0 Å². The minimum atomic E-state index is 0. The minimum Gasteiger partial charge on any atom is -0.338 e. The van der Waals surface area contributed by atoms with Gasteiger partial charge in [0.05, 0.1) is 6.04 Å². The van der Waals surface area contributed by atoms with Crippen molar-refractivity contribution in [3.8, 4) is 0 Å². The summed E-state index contributed by atoms with van der Waals surface area (Å²) in [6.45, 7) is 1.02. The molecule has 0 saturated carbocycles.